The van der Waals surface area contributed by atoms with Crippen LogP contribution < -0.4 is 0 Å². The van der Waals surface area contributed by atoms with Crippen molar-refractivity contribution in [3.05, 3.63) is 65.2 Å². The molecule has 0 saturated carbocycles. The summed E-state index contributed by atoms with van der Waals surface area (Å²) in [5, 5.41) is 9.58. The van der Waals surface area contributed by atoms with E-state index in [1.807, 2.05) is 6.07 Å². The average Bonchev–Trinajstić information content (AvgIpc) is 2.47. The number of hydrogen-bond donors (Lipinski definition) is 1. The van der Waals surface area contributed by atoms with Gasteiger partial charge in [0.15, 0.2) is 5.78 Å². The molecule has 0 fully saturated rings. The first-order valence-corrected chi connectivity index (χ1v) is 5.64. The number of benzene rings is 2. The maximum Gasteiger partial charge on any atom is 0.341 e. The second-order valence-electron chi connectivity index (χ2n) is 3.92. The molecule has 0 radical (unpaired) electrons. The van der Waals surface area contributed by atoms with Gasteiger partial charge in [0.05, 0.1) is 7.11 Å². The lowest BCUT2D eigenvalue weighted by molar-refractivity contribution is 0.0597. The molecule has 0 atom stereocenters. The maximum atomic E-state index is 12.2. The lowest BCUT2D eigenvalue weighted by atomic mass is 10.0. The summed E-state index contributed by atoms with van der Waals surface area (Å²) >= 11 is 0. The van der Waals surface area contributed by atoms with Gasteiger partial charge in [-0.05, 0) is 18.2 Å². The Hall–Kier alpha value is -2.62. The highest BCUT2D eigenvalue weighted by molar-refractivity contribution is 6.10. The number of esters is 1. The summed E-state index contributed by atoms with van der Waals surface area (Å²) in [5.41, 5.74) is 0.817. The molecule has 96 valence electrons. The van der Waals surface area contributed by atoms with Crippen LogP contribution in [0.5, 0.6) is 5.75 Å². The number of aromatic hydroxyl groups is 1. The molecule has 1 N–H and O–H groups in total. The number of ether oxygens (including phenoxy) is 1. The molecule has 0 saturated heterocycles. The largest absolute Gasteiger partial charge is 0.507 e. The second-order valence-corrected chi connectivity index (χ2v) is 3.92. The van der Waals surface area contributed by atoms with E-state index in [-0.39, 0.29) is 17.1 Å². The standard InChI is InChI=1S/C15H12O4/c1-19-15(18)12-9-11(7-8-13(12)16)14(17)10-5-3-2-4-6-10/h2-9,16H,1H3. The highest BCUT2D eigenvalue weighted by Gasteiger charge is 2.16. The van der Waals surface area contributed by atoms with Gasteiger partial charge >= 0.3 is 5.97 Å². The van der Waals surface area contributed by atoms with Crippen LogP contribution in [0.3, 0.4) is 0 Å². The van der Waals surface area contributed by atoms with Gasteiger partial charge in [-0.25, -0.2) is 4.79 Å². The first-order chi connectivity index (χ1) is 9.13. The predicted octanol–water partition coefficient (Wildman–Crippen LogP) is 2.41. The van der Waals surface area contributed by atoms with Gasteiger partial charge in [0.25, 0.3) is 0 Å². The minimum absolute atomic E-state index is 0.0238. The zero-order chi connectivity index (χ0) is 13.8. The Morgan fingerprint density at radius 3 is 2.32 bits per heavy atom. The van der Waals surface area contributed by atoms with Crippen LogP contribution in [-0.4, -0.2) is 24.0 Å². The SMILES string of the molecule is COC(=O)c1cc(C(=O)c2ccccc2)ccc1O. The van der Waals surface area contributed by atoms with Crippen LogP contribution in [0.2, 0.25) is 0 Å². The molecule has 0 heterocycles. The number of phenolic OH excluding ortho intramolecular Hbond substituents is 1. The third kappa shape index (κ3) is 2.63. The van der Waals surface area contributed by atoms with Crippen molar-refractivity contribution < 1.29 is 19.4 Å². The molecule has 4 heteroatoms. The molecule has 2 aromatic carbocycles. The number of methoxy groups -OCH3 is 1. The maximum absolute atomic E-state index is 12.2. The number of carbonyl (C=O) groups excluding carboxylic acids is 2. The monoisotopic (exact) mass is 256 g/mol. The molecule has 0 aliphatic rings. The molecule has 0 aromatic heterocycles. The Kier molecular flexibility index (Phi) is 3.61. The summed E-state index contributed by atoms with van der Waals surface area (Å²) in [4.78, 5) is 23.6. The minimum atomic E-state index is -0.680. The van der Waals surface area contributed by atoms with Crippen molar-refractivity contribution in [3.63, 3.8) is 0 Å². The number of ketones is 1. The van der Waals surface area contributed by atoms with E-state index in [1.54, 1.807) is 24.3 Å². The van der Waals surface area contributed by atoms with E-state index >= 15 is 0 Å². The average molecular weight is 256 g/mol. The van der Waals surface area contributed by atoms with Gasteiger partial charge < -0.3 is 9.84 Å². The molecule has 0 aliphatic carbocycles. The summed E-state index contributed by atoms with van der Waals surface area (Å²) in [6.45, 7) is 0. The third-order valence-electron chi connectivity index (χ3n) is 2.70. The van der Waals surface area contributed by atoms with Gasteiger partial charge in [-0.15, -0.1) is 0 Å². The van der Waals surface area contributed by atoms with Crippen molar-refractivity contribution in [1.82, 2.24) is 0 Å². The summed E-state index contributed by atoms with van der Waals surface area (Å²) in [6, 6.07) is 12.8. The number of carbonyl (C=O) groups is 2. The molecule has 19 heavy (non-hydrogen) atoms. The Balaban J connectivity index is 2.42. The third-order valence-corrected chi connectivity index (χ3v) is 2.70. The van der Waals surface area contributed by atoms with Crippen molar-refractivity contribution in [2.45, 2.75) is 0 Å². The van der Waals surface area contributed by atoms with E-state index in [2.05, 4.69) is 4.74 Å². The van der Waals surface area contributed by atoms with Gasteiger partial charge in [0.2, 0.25) is 0 Å². The van der Waals surface area contributed by atoms with E-state index in [9.17, 15) is 14.7 Å². The van der Waals surface area contributed by atoms with E-state index in [1.165, 1.54) is 25.3 Å². The minimum Gasteiger partial charge on any atom is -0.507 e. The van der Waals surface area contributed by atoms with Gasteiger partial charge in [0.1, 0.15) is 11.3 Å². The molecular weight excluding hydrogens is 244 g/mol. The van der Waals surface area contributed by atoms with Crippen LogP contribution in [0.1, 0.15) is 26.3 Å². The van der Waals surface area contributed by atoms with Gasteiger partial charge in [0, 0.05) is 11.1 Å². The molecule has 0 spiro atoms. The summed E-state index contributed by atoms with van der Waals surface area (Å²) in [6.07, 6.45) is 0. The quantitative estimate of drug-likeness (QED) is 0.676. The molecular formula is C15H12O4. The van der Waals surface area contributed by atoms with Crippen LogP contribution in [0.15, 0.2) is 48.5 Å². The highest BCUT2D eigenvalue weighted by atomic mass is 16.5. The van der Waals surface area contributed by atoms with E-state index in [0.717, 1.165) is 0 Å². The lowest BCUT2D eigenvalue weighted by Crippen LogP contribution is -2.06. The predicted molar refractivity (Wildman–Crippen MR) is 69.3 cm³/mol. The fourth-order valence-corrected chi connectivity index (χ4v) is 1.71. The molecule has 4 nitrogen and oxygen atoms in total. The molecule has 0 aliphatic heterocycles. The zero-order valence-corrected chi connectivity index (χ0v) is 10.3. The molecule has 2 aromatic rings. The molecule has 0 unspecified atom stereocenters. The lowest BCUT2D eigenvalue weighted by Gasteiger charge is -2.06. The van der Waals surface area contributed by atoms with E-state index < -0.39 is 5.97 Å². The van der Waals surface area contributed by atoms with Gasteiger partial charge in [-0.2, -0.15) is 0 Å². The van der Waals surface area contributed by atoms with Crippen LogP contribution >= 0.6 is 0 Å². The van der Waals surface area contributed by atoms with Crippen LogP contribution in [0.4, 0.5) is 0 Å². The smallest absolute Gasteiger partial charge is 0.341 e. The van der Waals surface area contributed by atoms with Crippen LogP contribution in [-0.2, 0) is 4.74 Å². The Morgan fingerprint density at radius 2 is 1.68 bits per heavy atom. The zero-order valence-electron chi connectivity index (χ0n) is 10.3. The van der Waals surface area contributed by atoms with Crippen LogP contribution in [0.25, 0.3) is 0 Å². The first-order valence-electron chi connectivity index (χ1n) is 5.64. The van der Waals surface area contributed by atoms with Gasteiger partial charge in [-0.1, -0.05) is 30.3 Å². The van der Waals surface area contributed by atoms with Crippen molar-refractivity contribution in [2.75, 3.05) is 7.11 Å². The van der Waals surface area contributed by atoms with Gasteiger partial charge in [-0.3, -0.25) is 4.79 Å². The molecule has 2 rings (SSSR count). The summed E-state index contributed by atoms with van der Waals surface area (Å²) < 4.78 is 4.55. The molecule has 0 bridgehead atoms. The topological polar surface area (TPSA) is 63.6 Å². The fraction of sp³-hybridized carbons (Fsp3) is 0.0667. The summed E-state index contributed by atoms with van der Waals surface area (Å²) in [5.74, 6) is -1.11. The Morgan fingerprint density at radius 1 is 1.00 bits per heavy atom. The number of rotatable bonds is 3. The van der Waals surface area contributed by atoms with E-state index in [0.29, 0.717) is 11.1 Å². The number of phenols is 1. The van der Waals surface area contributed by atoms with Crippen molar-refractivity contribution >= 4 is 11.8 Å². The normalized spacial score (nSPS) is 9.95. The Bertz CT molecular complexity index is 617. The fourth-order valence-electron chi connectivity index (χ4n) is 1.71. The van der Waals surface area contributed by atoms with E-state index in [4.69, 9.17) is 0 Å². The number of hydrogen-bond acceptors (Lipinski definition) is 4. The summed E-state index contributed by atoms with van der Waals surface area (Å²) in [7, 11) is 1.22. The molecule has 0 amide bonds. The highest BCUT2D eigenvalue weighted by Crippen LogP contribution is 2.21. The van der Waals surface area contributed by atoms with Crippen molar-refractivity contribution in [2.24, 2.45) is 0 Å². The second kappa shape index (κ2) is 5.35. The van der Waals surface area contributed by atoms with Crippen molar-refractivity contribution in [3.8, 4) is 5.75 Å². The van der Waals surface area contributed by atoms with Crippen LogP contribution in [0, 0.1) is 0 Å². The Labute approximate surface area is 110 Å². The van der Waals surface area contributed by atoms with Crippen molar-refractivity contribution in [1.29, 1.82) is 0 Å². The first kappa shape index (κ1) is 12.8.